The molecule has 0 fully saturated rings. The van der Waals surface area contributed by atoms with Crippen LogP contribution in [0.25, 0.3) is 0 Å². The molecule has 0 bridgehead atoms. The van der Waals surface area contributed by atoms with Gasteiger partial charge >= 0.3 is 11.9 Å². The molecule has 0 aliphatic rings. The van der Waals surface area contributed by atoms with Crippen molar-refractivity contribution in [1.82, 2.24) is 5.32 Å². The van der Waals surface area contributed by atoms with Gasteiger partial charge in [0.15, 0.2) is 0 Å². The summed E-state index contributed by atoms with van der Waals surface area (Å²) in [6, 6.07) is -1.03. The second kappa shape index (κ2) is 17.8. The molecule has 0 aromatic rings. The molecular formula is C21H39NO5. The van der Waals surface area contributed by atoms with Crippen LogP contribution in [0, 0.1) is 0 Å². The standard InChI is InChI=1S/C21H39NO5/c1-3-5-6-7-8-9-10-11-12-13-17-27-20(24)16-15-18(21(25)26)22-19(23)14-4-2/h18H,3-17H2,1-2H3,(H,22,23)(H,25,26)/t18-/m0/s1. The number of nitrogens with one attached hydrogen (secondary N) is 1. The van der Waals surface area contributed by atoms with E-state index < -0.39 is 18.0 Å². The van der Waals surface area contributed by atoms with E-state index >= 15 is 0 Å². The van der Waals surface area contributed by atoms with Gasteiger partial charge in [0.1, 0.15) is 6.04 Å². The molecular weight excluding hydrogens is 346 g/mol. The summed E-state index contributed by atoms with van der Waals surface area (Å²) < 4.78 is 5.15. The average Bonchev–Trinajstić information content (AvgIpc) is 2.63. The van der Waals surface area contributed by atoms with Crippen molar-refractivity contribution in [3.8, 4) is 0 Å². The molecule has 0 aromatic carbocycles. The molecule has 0 saturated carbocycles. The van der Waals surface area contributed by atoms with Crippen molar-refractivity contribution >= 4 is 17.8 Å². The van der Waals surface area contributed by atoms with Crippen molar-refractivity contribution < 1.29 is 24.2 Å². The number of hydrogen-bond donors (Lipinski definition) is 2. The number of unbranched alkanes of at least 4 members (excludes halogenated alkanes) is 9. The van der Waals surface area contributed by atoms with Crippen LogP contribution in [0.15, 0.2) is 0 Å². The topological polar surface area (TPSA) is 92.7 Å². The number of ether oxygens (including phenoxy) is 1. The summed E-state index contributed by atoms with van der Waals surface area (Å²) in [4.78, 5) is 34.4. The average molecular weight is 386 g/mol. The summed E-state index contributed by atoms with van der Waals surface area (Å²) in [5, 5.41) is 11.6. The van der Waals surface area contributed by atoms with Crippen LogP contribution in [0.4, 0.5) is 0 Å². The summed E-state index contributed by atoms with van der Waals surface area (Å²) in [5.74, 6) is -1.83. The van der Waals surface area contributed by atoms with Gasteiger partial charge in [-0.05, 0) is 19.3 Å². The first-order valence-corrected chi connectivity index (χ1v) is 10.7. The van der Waals surface area contributed by atoms with Crippen LogP contribution in [0.3, 0.4) is 0 Å². The lowest BCUT2D eigenvalue weighted by atomic mass is 10.1. The van der Waals surface area contributed by atoms with E-state index in [2.05, 4.69) is 12.2 Å². The van der Waals surface area contributed by atoms with Crippen molar-refractivity contribution in [1.29, 1.82) is 0 Å². The van der Waals surface area contributed by atoms with Crippen molar-refractivity contribution in [3.05, 3.63) is 0 Å². The number of carbonyl (C=O) groups excluding carboxylic acids is 2. The summed E-state index contributed by atoms with van der Waals surface area (Å²) in [5.41, 5.74) is 0. The summed E-state index contributed by atoms with van der Waals surface area (Å²) in [6.45, 7) is 4.46. The lowest BCUT2D eigenvalue weighted by Gasteiger charge is -2.14. The molecule has 1 atom stereocenters. The number of amides is 1. The van der Waals surface area contributed by atoms with Crippen LogP contribution >= 0.6 is 0 Å². The van der Waals surface area contributed by atoms with E-state index in [4.69, 9.17) is 9.84 Å². The largest absolute Gasteiger partial charge is 0.480 e. The highest BCUT2D eigenvalue weighted by molar-refractivity contribution is 5.83. The Morgan fingerprint density at radius 1 is 0.815 bits per heavy atom. The van der Waals surface area contributed by atoms with Crippen molar-refractivity contribution in [2.45, 2.75) is 110 Å². The third-order valence-corrected chi connectivity index (χ3v) is 4.51. The van der Waals surface area contributed by atoms with Gasteiger partial charge < -0.3 is 15.2 Å². The van der Waals surface area contributed by atoms with Gasteiger partial charge in [-0.15, -0.1) is 0 Å². The molecule has 158 valence electrons. The number of hydrogen-bond acceptors (Lipinski definition) is 4. The highest BCUT2D eigenvalue weighted by atomic mass is 16.5. The zero-order chi connectivity index (χ0) is 20.3. The minimum Gasteiger partial charge on any atom is -0.480 e. The van der Waals surface area contributed by atoms with E-state index in [9.17, 15) is 14.4 Å². The Labute approximate surface area is 164 Å². The summed E-state index contributed by atoms with van der Waals surface area (Å²) in [7, 11) is 0. The molecule has 0 aliphatic heterocycles. The van der Waals surface area contributed by atoms with Gasteiger partial charge in [0.05, 0.1) is 6.61 Å². The lowest BCUT2D eigenvalue weighted by Crippen LogP contribution is -2.41. The molecule has 6 heteroatoms. The number of carbonyl (C=O) groups is 3. The fraction of sp³-hybridized carbons (Fsp3) is 0.857. The van der Waals surface area contributed by atoms with Gasteiger partial charge in [0, 0.05) is 12.8 Å². The number of carboxylic acid groups (broad SMARTS) is 1. The molecule has 2 N–H and O–H groups in total. The highest BCUT2D eigenvalue weighted by Gasteiger charge is 2.20. The third-order valence-electron chi connectivity index (χ3n) is 4.51. The summed E-state index contributed by atoms with van der Waals surface area (Å²) >= 11 is 0. The maximum absolute atomic E-state index is 11.7. The van der Waals surface area contributed by atoms with Crippen LogP contribution in [0.5, 0.6) is 0 Å². The van der Waals surface area contributed by atoms with Crippen LogP contribution in [-0.4, -0.2) is 35.6 Å². The second-order valence-corrected chi connectivity index (χ2v) is 7.15. The van der Waals surface area contributed by atoms with Gasteiger partial charge in [0.2, 0.25) is 5.91 Å². The first kappa shape index (κ1) is 25.4. The molecule has 27 heavy (non-hydrogen) atoms. The lowest BCUT2D eigenvalue weighted by molar-refractivity contribution is -0.145. The molecule has 0 aromatic heterocycles. The van der Waals surface area contributed by atoms with E-state index in [1.54, 1.807) is 0 Å². The molecule has 0 unspecified atom stereocenters. The van der Waals surface area contributed by atoms with E-state index in [0.29, 0.717) is 13.0 Å². The molecule has 0 rings (SSSR count). The molecule has 1 amide bonds. The number of aliphatic carboxylic acids is 1. The zero-order valence-electron chi connectivity index (χ0n) is 17.3. The first-order chi connectivity index (χ1) is 13.0. The van der Waals surface area contributed by atoms with Crippen LogP contribution in [0.2, 0.25) is 0 Å². The summed E-state index contributed by atoms with van der Waals surface area (Å²) in [6.07, 6.45) is 13.2. The van der Waals surface area contributed by atoms with E-state index in [1.807, 2.05) is 6.92 Å². The van der Waals surface area contributed by atoms with Crippen LogP contribution in [-0.2, 0) is 19.1 Å². The Hall–Kier alpha value is -1.59. The van der Waals surface area contributed by atoms with E-state index in [0.717, 1.165) is 19.3 Å². The van der Waals surface area contributed by atoms with Crippen molar-refractivity contribution in [2.24, 2.45) is 0 Å². The zero-order valence-corrected chi connectivity index (χ0v) is 17.3. The van der Waals surface area contributed by atoms with Crippen molar-refractivity contribution in [2.75, 3.05) is 6.61 Å². The predicted octanol–water partition coefficient (Wildman–Crippen LogP) is 4.60. The van der Waals surface area contributed by atoms with Gasteiger partial charge in [-0.1, -0.05) is 71.6 Å². The smallest absolute Gasteiger partial charge is 0.326 e. The minimum absolute atomic E-state index is 0.00112. The minimum atomic E-state index is -1.12. The predicted molar refractivity (Wildman–Crippen MR) is 107 cm³/mol. The number of carboxylic acids is 1. The Balaban J connectivity index is 3.64. The molecule has 0 aliphatic carbocycles. The van der Waals surface area contributed by atoms with Gasteiger partial charge in [0.25, 0.3) is 0 Å². The van der Waals surface area contributed by atoms with Crippen LogP contribution < -0.4 is 5.32 Å². The van der Waals surface area contributed by atoms with Gasteiger partial charge in [-0.2, -0.15) is 0 Å². The van der Waals surface area contributed by atoms with Gasteiger partial charge in [-0.25, -0.2) is 4.79 Å². The number of rotatable bonds is 18. The normalized spacial score (nSPS) is 11.8. The Morgan fingerprint density at radius 2 is 1.37 bits per heavy atom. The highest BCUT2D eigenvalue weighted by Crippen LogP contribution is 2.10. The Kier molecular flexibility index (Phi) is 16.8. The molecule has 0 saturated heterocycles. The maximum atomic E-state index is 11.7. The molecule has 6 nitrogen and oxygen atoms in total. The number of esters is 1. The Morgan fingerprint density at radius 3 is 1.89 bits per heavy atom. The van der Waals surface area contributed by atoms with Crippen molar-refractivity contribution in [3.63, 3.8) is 0 Å². The molecule has 0 radical (unpaired) electrons. The van der Waals surface area contributed by atoms with Gasteiger partial charge in [-0.3, -0.25) is 9.59 Å². The maximum Gasteiger partial charge on any atom is 0.326 e. The first-order valence-electron chi connectivity index (χ1n) is 10.7. The Bertz CT molecular complexity index is 411. The fourth-order valence-electron chi connectivity index (χ4n) is 2.86. The quantitative estimate of drug-likeness (QED) is 0.266. The monoisotopic (exact) mass is 385 g/mol. The SMILES string of the molecule is CCCCCCCCCCCCOC(=O)CC[C@H](NC(=O)CCC)C(=O)O. The van der Waals surface area contributed by atoms with E-state index in [1.165, 1.54) is 44.9 Å². The fourth-order valence-corrected chi connectivity index (χ4v) is 2.86. The van der Waals surface area contributed by atoms with E-state index in [-0.39, 0.29) is 25.2 Å². The van der Waals surface area contributed by atoms with Crippen LogP contribution in [0.1, 0.15) is 104 Å². The third kappa shape index (κ3) is 16.3. The molecule has 0 spiro atoms. The second-order valence-electron chi connectivity index (χ2n) is 7.15. The molecule has 0 heterocycles.